The number of carboxylic acid groups (broad SMARTS) is 1. The molecular weight excluding hydrogens is 199 g/mol. The second kappa shape index (κ2) is 4.04. The predicted octanol–water partition coefficient (Wildman–Crippen LogP) is 1.64. The molecule has 13 heavy (non-hydrogen) atoms. The minimum Gasteiger partial charge on any atom is -0.465 e. The first-order chi connectivity index (χ1) is 6.09. The molecule has 0 saturated heterocycles. The molecule has 0 aromatic carbocycles. The molecule has 1 amide bonds. The molecule has 0 bridgehead atoms. The van der Waals surface area contributed by atoms with Gasteiger partial charge in [-0.2, -0.15) is 0 Å². The number of aromatic nitrogens is 1. The highest BCUT2D eigenvalue weighted by Crippen LogP contribution is 2.12. The van der Waals surface area contributed by atoms with Crippen molar-refractivity contribution in [3.63, 3.8) is 0 Å². The van der Waals surface area contributed by atoms with Crippen molar-refractivity contribution in [2.75, 3.05) is 0 Å². The Morgan fingerprint density at radius 1 is 1.77 bits per heavy atom. The van der Waals surface area contributed by atoms with Crippen LogP contribution >= 0.6 is 11.6 Å². The van der Waals surface area contributed by atoms with E-state index in [1.807, 2.05) is 0 Å². The summed E-state index contributed by atoms with van der Waals surface area (Å²) in [5, 5.41) is 10.2. The number of hydrogen-bond acceptors (Lipinski definition) is 2. The zero-order valence-corrected chi connectivity index (χ0v) is 7.18. The third-order valence-corrected chi connectivity index (χ3v) is 1.56. The summed E-state index contributed by atoms with van der Waals surface area (Å²) in [7, 11) is 0. The third-order valence-electron chi connectivity index (χ3n) is 1.29. The van der Waals surface area contributed by atoms with Gasteiger partial charge in [-0.25, -0.2) is 9.18 Å². The van der Waals surface area contributed by atoms with E-state index in [9.17, 15) is 9.18 Å². The van der Waals surface area contributed by atoms with Gasteiger partial charge >= 0.3 is 6.09 Å². The van der Waals surface area contributed by atoms with Gasteiger partial charge in [0.05, 0.1) is 17.3 Å². The first kappa shape index (κ1) is 9.73. The second-order valence-corrected chi connectivity index (χ2v) is 2.66. The van der Waals surface area contributed by atoms with Crippen molar-refractivity contribution in [2.45, 2.75) is 6.54 Å². The highest BCUT2D eigenvalue weighted by molar-refractivity contribution is 6.30. The minimum absolute atomic E-state index is 0.0383. The summed E-state index contributed by atoms with van der Waals surface area (Å²) in [5.74, 6) is -0.612. The van der Waals surface area contributed by atoms with Gasteiger partial charge in [0.15, 0.2) is 0 Å². The summed E-state index contributed by atoms with van der Waals surface area (Å²) < 4.78 is 12.8. The van der Waals surface area contributed by atoms with E-state index in [1.54, 1.807) is 0 Å². The Morgan fingerprint density at radius 3 is 3.00 bits per heavy atom. The lowest BCUT2D eigenvalue weighted by atomic mass is 10.3. The number of pyridine rings is 1. The van der Waals surface area contributed by atoms with Crippen LogP contribution in [-0.2, 0) is 6.54 Å². The van der Waals surface area contributed by atoms with Gasteiger partial charge in [0, 0.05) is 6.20 Å². The van der Waals surface area contributed by atoms with Gasteiger partial charge in [0.25, 0.3) is 0 Å². The van der Waals surface area contributed by atoms with Gasteiger partial charge in [-0.1, -0.05) is 11.6 Å². The molecule has 0 saturated carbocycles. The van der Waals surface area contributed by atoms with Crippen LogP contribution in [0.5, 0.6) is 0 Å². The summed E-state index contributed by atoms with van der Waals surface area (Å²) in [6, 6.07) is 1.08. The van der Waals surface area contributed by atoms with Gasteiger partial charge in [-0.15, -0.1) is 0 Å². The maximum absolute atomic E-state index is 12.8. The number of carbonyl (C=O) groups is 1. The molecule has 1 aromatic rings. The third kappa shape index (κ3) is 2.87. The average Bonchev–Trinajstić information content (AvgIpc) is 2.07. The van der Waals surface area contributed by atoms with E-state index in [-0.39, 0.29) is 17.3 Å². The summed E-state index contributed by atoms with van der Waals surface area (Å²) in [4.78, 5) is 13.8. The molecule has 6 heteroatoms. The van der Waals surface area contributed by atoms with E-state index < -0.39 is 11.9 Å². The van der Waals surface area contributed by atoms with Gasteiger partial charge in [-0.05, 0) is 6.07 Å². The zero-order chi connectivity index (χ0) is 9.84. The van der Waals surface area contributed by atoms with E-state index in [0.29, 0.717) is 0 Å². The molecule has 0 aliphatic carbocycles. The van der Waals surface area contributed by atoms with Gasteiger partial charge < -0.3 is 10.4 Å². The number of hydrogen-bond donors (Lipinski definition) is 2. The van der Waals surface area contributed by atoms with E-state index in [1.165, 1.54) is 0 Å². The van der Waals surface area contributed by atoms with Crippen LogP contribution in [0.15, 0.2) is 12.3 Å². The molecule has 1 aromatic heterocycles. The van der Waals surface area contributed by atoms with Gasteiger partial charge in [0.1, 0.15) is 5.82 Å². The lowest BCUT2D eigenvalue weighted by molar-refractivity contribution is 0.194. The smallest absolute Gasteiger partial charge is 0.404 e. The fourth-order valence-corrected chi connectivity index (χ4v) is 0.820. The molecule has 0 spiro atoms. The molecule has 0 radical (unpaired) electrons. The molecule has 1 rings (SSSR count). The van der Waals surface area contributed by atoms with E-state index in [4.69, 9.17) is 16.7 Å². The van der Waals surface area contributed by atoms with Crippen LogP contribution in [0.2, 0.25) is 5.02 Å². The van der Waals surface area contributed by atoms with Crippen molar-refractivity contribution >= 4 is 17.7 Å². The second-order valence-electron chi connectivity index (χ2n) is 2.25. The molecule has 2 N–H and O–H groups in total. The fourth-order valence-electron chi connectivity index (χ4n) is 0.717. The maximum atomic E-state index is 12.8. The quantitative estimate of drug-likeness (QED) is 0.770. The number of nitrogens with zero attached hydrogens (tertiary/aromatic N) is 1. The molecule has 0 unspecified atom stereocenters. The largest absolute Gasteiger partial charge is 0.465 e. The number of halogens is 2. The molecular formula is C7H6ClFN2O2. The number of nitrogens with one attached hydrogen (secondary N) is 1. The van der Waals surface area contributed by atoms with Crippen LogP contribution in [0, 0.1) is 5.82 Å². The summed E-state index contributed by atoms with van der Waals surface area (Å²) in [6.07, 6.45) is -0.0485. The topological polar surface area (TPSA) is 62.2 Å². The molecule has 70 valence electrons. The van der Waals surface area contributed by atoms with Crippen molar-refractivity contribution in [3.05, 3.63) is 28.8 Å². The molecule has 0 atom stereocenters. The minimum atomic E-state index is -1.18. The highest BCUT2D eigenvalue weighted by atomic mass is 35.5. The number of amides is 1. The lowest BCUT2D eigenvalue weighted by Gasteiger charge is -2.00. The average molecular weight is 205 g/mol. The molecule has 0 aliphatic heterocycles. The van der Waals surface area contributed by atoms with Crippen LogP contribution in [-0.4, -0.2) is 16.2 Å². The summed E-state index contributed by atoms with van der Waals surface area (Å²) in [5.41, 5.74) is 0.282. The van der Waals surface area contributed by atoms with Crippen molar-refractivity contribution < 1.29 is 14.3 Å². The van der Waals surface area contributed by atoms with Crippen LogP contribution in [0.1, 0.15) is 5.69 Å². The summed E-state index contributed by atoms with van der Waals surface area (Å²) >= 11 is 5.37. The Labute approximate surface area is 78.4 Å². The fraction of sp³-hybridized carbons (Fsp3) is 0.143. The van der Waals surface area contributed by atoms with Crippen molar-refractivity contribution in [1.82, 2.24) is 10.3 Å². The zero-order valence-electron chi connectivity index (χ0n) is 6.42. The SMILES string of the molecule is O=C(O)NCc1cc(F)c(Cl)cn1. The molecule has 0 fully saturated rings. The Morgan fingerprint density at radius 2 is 2.46 bits per heavy atom. The Hall–Kier alpha value is -1.36. The predicted molar refractivity (Wildman–Crippen MR) is 44.1 cm³/mol. The lowest BCUT2D eigenvalue weighted by Crippen LogP contribution is -2.20. The molecule has 0 aliphatic rings. The van der Waals surface area contributed by atoms with Gasteiger partial charge in [0.2, 0.25) is 0 Å². The Balaban J connectivity index is 2.68. The Bertz CT molecular complexity index is 332. The van der Waals surface area contributed by atoms with Crippen LogP contribution in [0.4, 0.5) is 9.18 Å². The summed E-state index contributed by atoms with van der Waals surface area (Å²) in [6.45, 7) is -0.0383. The van der Waals surface area contributed by atoms with Crippen LogP contribution in [0.25, 0.3) is 0 Å². The van der Waals surface area contributed by atoms with E-state index in [2.05, 4.69) is 10.3 Å². The monoisotopic (exact) mass is 204 g/mol. The number of rotatable bonds is 2. The van der Waals surface area contributed by atoms with Crippen molar-refractivity contribution in [1.29, 1.82) is 0 Å². The van der Waals surface area contributed by atoms with Gasteiger partial charge in [-0.3, -0.25) is 4.98 Å². The maximum Gasteiger partial charge on any atom is 0.404 e. The standard InChI is InChI=1S/C7H6ClFN2O2/c8-5-3-10-4(1-6(5)9)2-11-7(12)13/h1,3,11H,2H2,(H,12,13). The highest BCUT2D eigenvalue weighted by Gasteiger charge is 2.03. The van der Waals surface area contributed by atoms with Crippen molar-refractivity contribution in [2.24, 2.45) is 0 Å². The first-order valence-corrected chi connectivity index (χ1v) is 3.74. The van der Waals surface area contributed by atoms with E-state index >= 15 is 0 Å². The Kier molecular flexibility index (Phi) is 3.02. The first-order valence-electron chi connectivity index (χ1n) is 3.36. The van der Waals surface area contributed by atoms with Crippen LogP contribution in [0.3, 0.4) is 0 Å². The molecule has 1 heterocycles. The van der Waals surface area contributed by atoms with Crippen molar-refractivity contribution in [3.8, 4) is 0 Å². The van der Waals surface area contributed by atoms with Crippen LogP contribution < -0.4 is 5.32 Å². The normalized spacial score (nSPS) is 9.69. The molecule has 4 nitrogen and oxygen atoms in total. The van der Waals surface area contributed by atoms with E-state index in [0.717, 1.165) is 12.3 Å².